The van der Waals surface area contributed by atoms with E-state index in [0.717, 1.165) is 5.56 Å². The average Bonchev–Trinajstić information content (AvgIpc) is 3.03. The lowest BCUT2D eigenvalue weighted by Gasteiger charge is -2.18. The fourth-order valence-corrected chi connectivity index (χ4v) is 2.66. The smallest absolute Gasteiger partial charge is 0.331 e. The number of H-pyrrole nitrogens is 1. The number of aromatic amines is 1. The van der Waals surface area contributed by atoms with Crippen LogP contribution in [-0.4, -0.2) is 15.7 Å². The fraction of sp³-hybridized carbons (Fsp3) is 0.200. The quantitative estimate of drug-likeness (QED) is 0.648. The third-order valence-corrected chi connectivity index (χ3v) is 3.73. The topological polar surface area (TPSA) is 126 Å². The van der Waals surface area contributed by atoms with E-state index in [1.165, 1.54) is 4.57 Å². The van der Waals surface area contributed by atoms with Gasteiger partial charge in [-0.25, -0.2) is 4.79 Å². The Morgan fingerprint density at radius 2 is 2.05 bits per heavy atom. The number of nitrogens with zero attached hydrogens (tertiary/aromatic N) is 2. The molecule has 2 heterocycles. The van der Waals surface area contributed by atoms with Gasteiger partial charge in [-0.2, -0.15) is 5.26 Å². The number of benzene rings is 1. The summed E-state index contributed by atoms with van der Waals surface area (Å²) in [6, 6.07) is 9.32. The minimum atomic E-state index is -0.332. The maximum absolute atomic E-state index is 12.2. The van der Waals surface area contributed by atoms with Gasteiger partial charge in [-0.15, -0.1) is 0 Å². The van der Waals surface area contributed by atoms with Crippen molar-refractivity contribution in [1.82, 2.24) is 14.9 Å². The molecule has 0 radical (unpaired) electrons. The van der Waals surface area contributed by atoms with Gasteiger partial charge in [0.25, 0.3) is 0 Å². The summed E-state index contributed by atoms with van der Waals surface area (Å²) in [5, 5.41) is 11.7. The SMILES string of the molecule is N#CCc1ccc(-n2c(C3C=CNC3N)c(N)[nH]c2=O)cc1. The summed E-state index contributed by atoms with van der Waals surface area (Å²) < 4.78 is 1.52. The molecule has 0 bridgehead atoms. The molecule has 0 aliphatic carbocycles. The zero-order chi connectivity index (χ0) is 15.7. The first-order chi connectivity index (χ1) is 10.6. The summed E-state index contributed by atoms with van der Waals surface area (Å²) in [4.78, 5) is 14.9. The third kappa shape index (κ3) is 2.25. The number of nitrogen functional groups attached to an aromatic ring is 1. The summed E-state index contributed by atoms with van der Waals surface area (Å²) >= 11 is 0. The maximum atomic E-state index is 12.2. The minimum Gasteiger partial charge on any atom is -0.384 e. The Morgan fingerprint density at radius 1 is 1.32 bits per heavy atom. The minimum absolute atomic E-state index is 0.197. The number of nitrogens with one attached hydrogen (secondary N) is 2. The van der Waals surface area contributed by atoms with Crippen LogP contribution in [0.4, 0.5) is 5.82 Å². The molecule has 1 aliphatic heterocycles. The van der Waals surface area contributed by atoms with Gasteiger partial charge in [0.2, 0.25) is 0 Å². The van der Waals surface area contributed by atoms with Gasteiger partial charge in [0, 0.05) is 0 Å². The summed E-state index contributed by atoms with van der Waals surface area (Å²) in [7, 11) is 0. The van der Waals surface area contributed by atoms with Gasteiger partial charge in [0.15, 0.2) is 0 Å². The Hall–Kier alpha value is -2.98. The number of aromatic nitrogens is 2. The molecule has 0 amide bonds. The molecule has 0 saturated carbocycles. The van der Waals surface area contributed by atoms with Crippen LogP contribution in [-0.2, 0) is 6.42 Å². The van der Waals surface area contributed by atoms with E-state index in [1.54, 1.807) is 18.3 Å². The van der Waals surface area contributed by atoms with Crippen LogP contribution in [0, 0.1) is 11.3 Å². The van der Waals surface area contributed by atoms with E-state index < -0.39 is 0 Å². The fourth-order valence-electron chi connectivity index (χ4n) is 2.66. The highest BCUT2D eigenvalue weighted by Gasteiger charge is 2.28. The van der Waals surface area contributed by atoms with Crippen molar-refractivity contribution in [2.45, 2.75) is 18.5 Å². The second kappa shape index (κ2) is 5.42. The highest BCUT2D eigenvalue weighted by Crippen LogP contribution is 2.28. The highest BCUT2D eigenvalue weighted by atomic mass is 16.1. The van der Waals surface area contributed by atoms with Crippen molar-refractivity contribution in [3.63, 3.8) is 0 Å². The van der Waals surface area contributed by atoms with Crippen LogP contribution >= 0.6 is 0 Å². The van der Waals surface area contributed by atoms with Gasteiger partial charge in [-0.1, -0.05) is 18.2 Å². The maximum Gasteiger partial charge on any atom is 0.331 e. The summed E-state index contributed by atoms with van der Waals surface area (Å²) in [5.41, 5.74) is 13.9. The Bertz CT molecular complexity index is 808. The molecule has 1 aromatic heterocycles. The number of rotatable bonds is 3. The molecular formula is C15H16N6O. The molecule has 0 spiro atoms. The van der Waals surface area contributed by atoms with E-state index in [0.29, 0.717) is 23.6 Å². The Kier molecular flexibility index (Phi) is 3.45. The van der Waals surface area contributed by atoms with Crippen LogP contribution in [0.15, 0.2) is 41.3 Å². The third-order valence-electron chi connectivity index (χ3n) is 3.73. The van der Waals surface area contributed by atoms with Crippen molar-refractivity contribution in [1.29, 1.82) is 5.26 Å². The first-order valence-corrected chi connectivity index (χ1v) is 6.87. The van der Waals surface area contributed by atoms with Crippen LogP contribution in [0.25, 0.3) is 5.69 Å². The first kappa shape index (κ1) is 14.0. The first-order valence-electron chi connectivity index (χ1n) is 6.87. The number of nitrogens with two attached hydrogens (primary N) is 2. The summed E-state index contributed by atoms with van der Waals surface area (Å²) in [6.07, 6.45) is 3.63. The van der Waals surface area contributed by atoms with Crippen molar-refractivity contribution >= 4 is 5.82 Å². The molecule has 7 nitrogen and oxygen atoms in total. The highest BCUT2D eigenvalue weighted by molar-refractivity contribution is 5.48. The normalized spacial score (nSPS) is 19.8. The number of hydrogen-bond acceptors (Lipinski definition) is 5. The average molecular weight is 296 g/mol. The van der Waals surface area contributed by atoms with E-state index in [9.17, 15) is 4.79 Å². The van der Waals surface area contributed by atoms with Crippen LogP contribution in [0.2, 0.25) is 0 Å². The van der Waals surface area contributed by atoms with Crippen LogP contribution < -0.4 is 22.5 Å². The molecule has 7 heteroatoms. The van der Waals surface area contributed by atoms with Gasteiger partial charge in [0.05, 0.1) is 36.0 Å². The lowest BCUT2D eigenvalue weighted by atomic mass is 10.0. The van der Waals surface area contributed by atoms with E-state index in [-0.39, 0.29) is 17.8 Å². The molecular weight excluding hydrogens is 280 g/mol. The van der Waals surface area contributed by atoms with Crippen molar-refractivity contribution in [2.24, 2.45) is 5.73 Å². The van der Waals surface area contributed by atoms with Crippen LogP contribution in [0.5, 0.6) is 0 Å². The standard InChI is InChI=1S/C15H16N6O/c16-7-5-9-1-3-10(4-2-9)21-12(14(18)20-15(21)22)11-6-8-19-13(11)17/h1-4,6,8,11,13,19H,5,17-18H2,(H,20,22). The molecule has 2 aromatic rings. The Morgan fingerprint density at radius 3 is 2.64 bits per heavy atom. The molecule has 0 fully saturated rings. The monoisotopic (exact) mass is 296 g/mol. The van der Waals surface area contributed by atoms with Crippen LogP contribution in [0.3, 0.4) is 0 Å². The molecule has 112 valence electrons. The van der Waals surface area contributed by atoms with Gasteiger partial charge in [0.1, 0.15) is 5.82 Å². The molecule has 1 aliphatic rings. The molecule has 3 rings (SSSR count). The van der Waals surface area contributed by atoms with Gasteiger partial charge < -0.3 is 16.8 Å². The molecule has 0 saturated heterocycles. The van der Waals surface area contributed by atoms with E-state index in [4.69, 9.17) is 16.7 Å². The predicted molar refractivity (Wildman–Crippen MR) is 83.1 cm³/mol. The van der Waals surface area contributed by atoms with E-state index >= 15 is 0 Å². The van der Waals surface area contributed by atoms with Gasteiger partial charge in [-0.3, -0.25) is 9.55 Å². The lowest BCUT2D eigenvalue weighted by Crippen LogP contribution is -2.36. The Labute approximate surface area is 126 Å². The Balaban J connectivity index is 2.09. The zero-order valence-corrected chi connectivity index (χ0v) is 11.8. The van der Waals surface area contributed by atoms with Crippen molar-refractivity contribution < 1.29 is 0 Å². The molecule has 1 aromatic carbocycles. The number of anilines is 1. The number of nitriles is 1. The number of hydrogen-bond donors (Lipinski definition) is 4. The lowest BCUT2D eigenvalue weighted by molar-refractivity contribution is 0.577. The second-order valence-electron chi connectivity index (χ2n) is 5.14. The summed E-state index contributed by atoms with van der Waals surface area (Å²) in [6.45, 7) is 0. The van der Waals surface area contributed by atoms with Gasteiger partial charge >= 0.3 is 5.69 Å². The second-order valence-corrected chi connectivity index (χ2v) is 5.14. The van der Waals surface area contributed by atoms with Crippen LogP contribution in [0.1, 0.15) is 17.2 Å². The van der Waals surface area contributed by atoms with E-state index in [2.05, 4.69) is 16.4 Å². The van der Waals surface area contributed by atoms with Gasteiger partial charge in [-0.05, 0) is 23.9 Å². The zero-order valence-electron chi connectivity index (χ0n) is 11.8. The molecule has 6 N–H and O–H groups in total. The van der Waals surface area contributed by atoms with Crippen molar-refractivity contribution in [3.05, 3.63) is 58.3 Å². The van der Waals surface area contributed by atoms with Crippen molar-refractivity contribution in [2.75, 3.05) is 5.73 Å². The van der Waals surface area contributed by atoms with E-state index in [1.807, 2.05) is 18.2 Å². The predicted octanol–water partition coefficient (Wildman–Crippen LogP) is 0.299. The molecule has 2 unspecified atom stereocenters. The molecule has 22 heavy (non-hydrogen) atoms. The largest absolute Gasteiger partial charge is 0.384 e. The van der Waals surface area contributed by atoms with Crippen molar-refractivity contribution in [3.8, 4) is 11.8 Å². The summed E-state index contributed by atoms with van der Waals surface area (Å²) in [5.74, 6) is 0.109. The molecule has 2 atom stereocenters. The number of imidazole rings is 1.